The van der Waals surface area contributed by atoms with Crippen molar-refractivity contribution in [3.8, 4) is 16.9 Å². The van der Waals surface area contributed by atoms with E-state index in [4.69, 9.17) is 4.74 Å². The Labute approximate surface area is 150 Å². The lowest BCUT2D eigenvalue weighted by atomic mass is 10.0. The minimum atomic E-state index is -3.94. The van der Waals surface area contributed by atoms with Crippen molar-refractivity contribution in [2.75, 3.05) is 7.11 Å². The van der Waals surface area contributed by atoms with E-state index < -0.39 is 21.5 Å². The first-order valence-electron chi connectivity index (χ1n) is 7.78. The average molecular weight is 374 g/mol. The molecule has 0 fully saturated rings. The number of sulfone groups is 1. The van der Waals surface area contributed by atoms with Crippen LogP contribution in [-0.4, -0.2) is 15.5 Å². The van der Waals surface area contributed by atoms with Crippen LogP contribution in [-0.2, 0) is 9.84 Å². The second-order valence-corrected chi connectivity index (χ2v) is 7.75. The lowest BCUT2D eigenvalue weighted by molar-refractivity contribution is 0.416. The van der Waals surface area contributed by atoms with Crippen molar-refractivity contribution in [1.29, 1.82) is 0 Å². The number of rotatable bonds is 4. The molecule has 0 heterocycles. The number of hydrogen-bond acceptors (Lipinski definition) is 3. The van der Waals surface area contributed by atoms with E-state index in [1.165, 1.54) is 19.2 Å². The Morgan fingerprint density at radius 3 is 2.08 bits per heavy atom. The van der Waals surface area contributed by atoms with Gasteiger partial charge in [0.05, 0.1) is 16.9 Å². The maximum absolute atomic E-state index is 14.7. The fourth-order valence-electron chi connectivity index (χ4n) is 2.66. The summed E-state index contributed by atoms with van der Waals surface area (Å²) in [5.41, 5.74) is 1.70. The van der Waals surface area contributed by atoms with E-state index in [0.29, 0.717) is 11.3 Å². The van der Waals surface area contributed by atoms with Crippen LogP contribution in [0.2, 0.25) is 0 Å². The molecule has 0 unspecified atom stereocenters. The number of methoxy groups -OCH3 is 1. The van der Waals surface area contributed by atoms with E-state index in [2.05, 4.69) is 0 Å². The molecule has 0 amide bonds. The molecule has 0 bridgehead atoms. The molecule has 3 aromatic rings. The summed E-state index contributed by atoms with van der Waals surface area (Å²) in [4.78, 5) is -0.295. The molecule has 0 atom stereocenters. The maximum atomic E-state index is 14.7. The summed E-state index contributed by atoms with van der Waals surface area (Å²) in [5.74, 6) is -0.738. The van der Waals surface area contributed by atoms with Crippen LogP contribution in [0.4, 0.5) is 8.78 Å². The summed E-state index contributed by atoms with van der Waals surface area (Å²) >= 11 is 0. The first-order valence-corrected chi connectivity index (χ1v) is 9.26. The molecule has 26 heavy (non-hydrogen) atoms. The van der Waals surface area contributed by atoms with E-state index in [9.17, 15) is 17.2 Å². The molecule has 6 heteroatoms. The van der Waals surface area contributed by atoms with Gasteiger partial charge in [-0.1, -0.05) is 11.6 Å². The van der Waals surface area contributed by atoms with Gasteiger partial charge in [-0.05, 0) is 61.5 Å². The zero-order valence-corrected chi connectivity index (χ0v) is 15.0. The fraction of sp³-hybridized carbons (Fsp3) is 0.100. The molecule has 0 saturated heterocycles. The molecule has 0 aliphatic heterocycles. The summed E-state index contributed by atoms with van der Waals surface area (Å²) in [5, 5.41) is 0. The monoisotopic (exact) mass is 374 g/mol. The lowest BCUT2D eigenvalue weighted by Crippen LogP contribution is -2.03. The van der Waals surface area contributed by atoms with Gasteiger partial charge < -0.3 is 4.74 Å². The fourth-order valence-corrected chi connectivity index (χ4v) is 3.94. The Kier molecular flexibility index (Phi) is 4.78. The minimum absolute atomic E-state index is 0.0980. The average Bonchev–Trinajstić information content (AvgIpc) is 2.62. The van der Waals surface area contributed by atoms with E-state index in [-0.39, 0.29) is 15.4 Å². The zero-order valence-electron chi connectivity index (χ0n) is 14.2. The molecule has 3 nitrogen and oxygen atoms in total. The molecule has 0 saturated carbocycles. The van der Waals surface area contributed by atoms with Crippen molar-refractivity contribution in [2.45, 2.75) is 16.7 Å². The molecular formula is C20H16F2O3S. The smallest absolute Gasteiger partial charge is 0.206 e. The van der Waals surface area contributed by atoms with Gasteiger partial charge in [0.1, 0.15) is 17.4 Å². The largest absolute Gasteiger partial charge is 0.496 e. The molecule has 0 aliphatic carbocycles. The molecule has 3 aromatic carbocycles. The minimum Gasteiger partial charge on any atom is -0.496 e. The summed E-state index contributed by atoms with van der Waals surface area (Å²) in [6, 6.07) is 13.5. The van der Waals surface area contributed by atoms with E-state index in [0.717, 1.165) is 35.9 Å². The van der Waals surface area contributed by atoms with Crippen LogP contribution in [0, 0.1) is 18.6 Å². The number of ether oxygens (including phenoxy) is 1. The summed E-state index contributed by atoms with van der Waals surface area (Å²) in [7, 11) is -2.45. The van der Waals surface area contributed by atoms with Crippen molar-refractivity contribution in [3.63, 3.8) is 0 Å². The Balaban J connectivity index is 2.08. The topological polar surface area (TPSA) is 43.4 Å². The van der Waals surface area contributed by atoms with Gasteiger partial charge in [-0.15, -0.1) is 0 Å². The van der Waals surface area contributed by atoms with Gasteiger partial charge in [0, 0.05) is 11.1 Å². The molecule has 0 spiro atoms. The maximum Gasteiger partial charge on any atom is 0.206 e. The summed E-state index contributed by atoms with van der Waals surface area (Å²) in [6.07, 6.45) is 0. The van der Waals surface area contributed by atoms with Crippen molar-refractivity contribution >= 4 is 9.84 Å². The quantitative estimate of drug-likeness (QED) is 0.617. The first-order chi connectivity index (χ1) is 12.3. The van der Waals surface area contributed by atoms with E-state index >= 15 is 0 Å². The van der Waals surface area contributed by atoms with Gasteiger partial charge in [0.25, 0.3) is 0 Å². The second kappa shape index (κ2) is 6.88. The van der Waals surface area contributed by atoms with Gasteiger partial charge in [0.15, 0.2) is 0 Å². The Morgan fingerprint density at radius 1 is 0.808 bits per heavy atom. The Hall–Kier alpha value is -2.73. The van der Waals surface area contributed by atoms with Gasteiger partial charge in [-0.3, -0.25) is 0 Å². The zero-order chi connectivity index (χ0) is 18.9. The van der Waals surface area contributed by atoms with Crippen LogP contribution in [0.15, 0.2) is 70.5 Å². The Morgan fingerprint density at radius 2 is 1.46 bits per heavy atom. The lowest BCUT2D eigenvalue weighted by Gasteiger charge is -2.12. The van der Waals surface area contributed by atoms with Crippen LogP contribution in [0.1, 0.15) is 5.56 Å². The SMILES string of the molecule is COc1ccc(C)cc1-c1ccc(S(=O)(=O)c2ccc(F)cc2)cc1F. The van der Waals surface area contributed by atoms with E-state index in [1.54, 1.807) is 12.1 Å². The molecule has 134 valence electrons. The highest BCUT2D eigenvalue weighted by molar-refractivity contribution is 7.91. The molecule has 0 aromatic heterocycles. The normalized spacial score (nSPS) is 11.4. The van der Waals surface area contributed by atoms with Crippen LogP contribution >= 0.6 is 0 Å². The van der Waals surface area contributed by atoms with Crippen molar-refractivity contribution in [1.82, 2.24) is 0 Å². The van der Waals surface area contributed by atoms with Crippen LogP contribution in [0.3, 0.4) is 0 Å². The van der Waals surface area contributed by atoms with Gasteiger partial charge in [0.2, 0.25) is 9.84 Å². The number of aryl methyl sites for hydroxylation is 1. The molecule has 0 radical (unpaired) electrons. The summed E-state index contributed by atoms with van der Waals surface area (Å²) in [6.45, 7) is 1.87. The first kappa shape index (κ1) is 18.1. The van der Waals surface area contributed by atoms with Crippen molar-refractivity contribution in [3.05, 3.63) is 77.9 Å². The van der Waals surface area contributed by atoms with Crippen molar-refractivity contribution in [2.24, 2.45) is 0 Å². The van der Waals surface area contributed by atoms with Crippen LogP contribution < -0.4 is 4.74 Å². The van der Waals surface area contributed by atoms with Gasteiger partial charge in [-0.2, -0.15) is 0 Å². The standard InChI is InChI=1S/C20H16F2O3S/c1-13-3-10-20(25-2)18(11-13)17-9-8-16(12-19(17)22)26(23,24)15-6-4-14(21)5-7-15/h3-12H,1-2H3. The summed E-state index contributed by atoms with van der Waals surface area (Å²) < 4.78 is 58.2. The molecular weight excluding hydrogens is 358 g/mol. The van der Waals surface area contributed by atoms with Gasteiger partial charge in [-0.25, -0.2) is 17.2 Å². The third kappa shape index (κ3) is 3.32. The highest BCUT2D eigenvalue weighted by Gasteiger charge is 2.20. The second-order valence-electron chi connectivity index (χ2n) is 5.80. The predicted octanol–water partition coefficient (Wildman–Crippen LogP) is 4.78. The van der Waals surface area contributed by atoms with Crippen LogP contribution in [0.5, 0.6) is 5.75 Å². The number of halogens is 2. The molecule has 0 aliphatic rings. The van der Waals surface area contributed by atoms with Gasteiger partial charge >= 0.3 is 0 Å². The van der Waals surface area contributed by atoms with Crippen molar-refractivity contribution < 1.29 is 21.9 Å². The third-order valence-electron chi connectivity index (χ3n) is 4.02. The van der Waals surface area contributed by atoms with E-state index in [1.807, 2.05) is 13.0 Å². The molecule has 3 rings (SSSR count). The predicted molar refractivity (Wildman–Crippen MR) is 95.0 cm³/mol. The number of hydrogen-bond donors (Lipinski definition) is 0. The Bertz CT molecular complexity index is 1060. The number of benzene rings is 3. The third-order valence-corrected chi connectivity index (χ3v) is 5.79. The molecule has 0 N–H and O–H groups in total. The van der Waals surface area contributed by atoms with Crippen LogP contribution in [0.25, 0.3) is 11.1 Å². The highest BCUT2D eigenvalue weighted by Crippen LogP contribution is 2.34. The highest BCUT2D eigenvalue weighted by atomic mass is 32.2.